The lowest BCUT2D eigenvalue weighted by Crippen LogP contribution is -2.33. The van der Waals surface area contributed by atoms with E-state index in [2.05, 4.69) is 10.3 Å². The van der Waals surface area contributed by atoms with Crippen LogP contribution in [0, 0.1) is 0 Å². The summed E-state index contributed by atoms with van der Waals surface area (Å²) in [5.74, 6) is 1.43. The Balaban J connectivity index is 1.39. The van der Waals surface area contributed by atoms with E-state index < -0.39 is 0 Å². The Morgan fingerprint density at radius 1 is 0.923 bits per heavy atom. The van der Waals surface area contributed by atoms with Gasteiger partial charge >= 0.3 is 0 Å². The van der Waals surface area contributed by atoms with Gasteiger partial charge in [0.1, 0.15) is 17.7 Å². The molecule has 0 saturated carbocycles. The van der Waals surface area contributed by atoms with Crippen molar-refractivity contribution in [3.63, 3.8) is 0 Å². The lowest BCUT2D eigenvalue weighted by molar-refractivity contribution is -0.512. The summed E-state index contributed by atoms with van der Waals surface area (Å²) in [5, 5.41) is 2.94. The van der Waals surface area contributed by atoms with Gasteiger partial charge in [0, 0.05) is 12.6 Å². The summed E-state index contributed by atoms with van der Waals surface area (Å²) < 4.78 is 7.60. The third-order valence-electron chi connectivity index (χ3n) is 4.06. The molecule has 2 aromatic heterocycles. The van der Waals surface area contributed by atoms with Gasteiger partial charge in [0.15, 0.2) is 0 Å². The lowest BCUT2D eigenvalue weighted by atomic mass is 10.2. The Labute approximate surface area is 150 Å². The zero-order valence-corrected chi connectivity index (χ0v) is 14.1. The van der Waals surface area contributed by atoms with Crippen LogP contribution in [-0.4, -0.2) is 10.9 Å². The Bertz CT molecular complexity index is 1020. The standard InChI is InChI=1S/C21H17N3O2/c25-21(19-15-22-20-8-4-5-13-24(19)20)23-14-16-9-11-18(12-10-16)26-17-6-2-1-3-7-17/h1-13,15H,14H2,(H,23,25)/p+1. The molecule has 1 amide bonds. The Morgan fingerprint density at radius 3 is 2.46 bits per heavy atom. The highest BCUT2D eigenvalue weighted by Crippen LogP contribution is 2.21. The number of carbonyl (C=O) groups is 1. The van der Waals surface area contributed by atoms with Crippen molar-refractivity contribution in [1.82, 2.24) is 10.3 Å². The number of nitrogens with one attached hydrogen (secondary N) is 2. The fourth-order valence-electron chi connectivity index (χ4n) is 2.73. The number of para-hydroxylation sites is 1. The van der Waals surface area contributed by atoms with Crippen molar-refractivity contribution < 1.29 is 13.9 Å². The van der Waals surface area contributed by atoms with Crippen LogP contribution in [0.3, 0.4) is 0 Å². The number of carbonyl (C=O) groups excluding carboxylic acids is 1. The third-order valence-corrected chi connectivity index (χ3v) is 4.06. The molecule has 2 aromatic carbocycles. The van der Waals surface area contributed by atoms with Crippen LogP contribution in [0.1, 0.15) is 16.1 Å². The minimum absolute atomic E-state index is 0.128. The number of hydrogen-bond donors (Lipinski definition) is 2. The average molecular weight is 344 g/mol. The average Bonchev–Trinajstić information content (AvgIpc) is 3.12. The van der Waals surface area contributed by atoms with E-state index in [4.69, 9.17) is 4.74 Å². The first-order valence-corrected chi connectivity index (χ1v) is 8.37. The van der Waals surface area contributed by atoms with E-state index in [9.17, 15) is 4.79 Å². The third kappa shape index (κ3) is 3.42. The van der Waals surface area contributed by atoms with Gasteiger partial charge in [0.25, 0.3) is 11.6 Å². The van der Waals surface area contributed by atoms with Crippen LogP contribution < -0.4 is 14.5 Å². The van der Waals surface area contributed by atoms with Crippen LogP contribution >= 0.6 is 0 Å². The highest BCUT2D eigenvalue weighted by atomic mass is 16.5. The number of aromatic nitrogens is 2. The number of rotatable bonds is 5. The largest absolute Gasteiger partial charge is 0.457 e. The summed E-state index contributed by atoms with van der Waals surface area (Å²) in [6, 6.07) is 23.1. The number of H-pyrrole nitrogens is 1. The normalized spacial score (nSPS) is 10.6. The van der Waals surface area contributed by atoms with E-state index in [1.165, 1.54) is 0 Å². The van der Waals surface area contributed by atoms with Gasteiger partial charge in [-0.2, -0.15) is 4.40 Å². The summed E-state index contributed by atoms with van der Waals surface area (Å²) in [7, 11) is 0. The minimum Gasteiger partial charge on any atom is -0.457 e. The molecule has 0 atom stereocenters. The molecule has 2 N–H and O–H groups in total. The van der Waals surface area contributed by atoms with Crippen LogP contribution in [0.4, 0.5) is 0 Å². The quantitative estimate of drug-likeness (QED) is 0.545. The van der Waals surface area contributed by atoms with Crippen molar-refractivity contribution in [1.29, 1.82) is 0 Å². The number of fused-ring (bicyclic) bond motifs is 1. The molecule has 0 aliphatic heterocycles. The van der Waals surface area contributed by atoms with E-state index in [-0.39, 0.29) is 5.91 Å². The number of hydrogen-bond acceptors (Lipinski definition) is 2. The van der Waals surface area contributed by atoms with Crippen LogP contribution in [-0.2, 0) is 6.54 Å². The number of ether oxygens (including phenoxy) is 1. The second-order valence-electron chi connectivity index (χ2n) is 5.87. The molecule has 0 bridgehead atoms. The monoisotopic (exact) mass is 344 g/mol. The number of imidazole rings is 1. The van der Waals surface area contributed by atoms with Crippen molar-refractivity contribution in [3.8, 4) is 11.5 Å². The zero-order valence-electron chi connectivity index (χ0n) is 14.1. The van der Waals surface area contributed by atoms with Crippen LogP contribution in [0.5, 0.6) is 11.5 Å². The molecule has 0 radical (unpaired) electrons. The van der Waals surface area contributed by atoms with Gasteiger partial charge in [-0.3, -0.25) is 4.79 Å². The molecule has 2 heterocycles. The van der Waals surface area contributed by atoms with Gasteiger partial charge in [0.05, 0.1) is 6.20 Å². The first kappa shape index (κ1) is 15.9. The maximum absolute atomic E-state index is 12.4. The SMILES string of the molecule is O=C(NCc1ccc(Oc2ccccc2)cc1)c1c[nH]c2cccc[n+]12. The lowest BCUT2D eigenvalue weighted by Gasteiger charge is -2.07. The van der Waals surface area contributed by atoms with E-state index in [1.54, 1.807) is 6.20 Å². The van der Waals surface area contributed by atoms with Crippen molar-refractivity contribution in [2.45, 2.75) is 6.54 Å². The maximum atomic E-state index is 12.4. The molecule has 128 valence electrons. The Hall–Kier alpha value is -3.60. The predicted molar refractivity (Wildman–Crippen MR) is 98.1 cm³/mol. The number of aromatic amines is 1. The second-order valence-corrected chi connectivity index (χ2v) is 5.87. The molecule has 0 aliphatic carbocycles. The van der Waals surface area contributed by atoms with E-state index >= 15 is 0 Å². The van der Waals surface area contributed by atoms with Crippen molar-refractivity contribution in [2.24, 2.45) is 0 Å². The molecular weight excluding hydrogens is 326 g/mol. The molecular formula is C21H18N3O2+. The summed E-state index contributed by atoms with van der Waals surface area (Å²) in [6.45, 7) is 0.449. The number of benzene rings is 2. The molecule has 26 heavy (non-hydrogen) atoms. The summed E-state index contributed by atoms with van der Waals surface area (Å²) in [5.41, 5.74) is 2.45. The van der Waals surface area contributed by atoms with Crippen molar-refractivity contribution in [2.75, 3.05) is 0 Å². The van der Waals surface area contributed by atoms with E-state index in [0.29, 0.717) is 12.2 Å². The number of nitrogens with zero attached hydrogens (tertiary/aromatic N) is 1. The first-order chi connectivity index (χ1) is 12.8. The maximum Gasteiger partial charge on any atom is 0.295 e. The highest BCUT2D eigenvalue weighted by Gasteiger charge is 2.17. The fourth-order valence-corrected chi connectivity index (χ4v) is 2.73. The molecule has 0 aliphatic rings. The van der Waals surface area contributed by atoms with Gasteiger partial charge in [0.2, 0.25) is 5.69 Å². The molecule has 5 nitrogen and oxygen atoms in total. The van der Waals surface area contributed by atoms with Crippen molar-refractivity contribution in [3.05, 3.63) is 96.4 Å². The Kier molecular flexibility index (Phi) is 4.35. The van der Waals surface area contributed by atoms with Gasteiger partial charge < -0.3 is 10.1 Å². The molecule has 5 heteroatoms. The molecule has 0 spiro atoms. The molecule has 0 fully saturated rings. The predicted octanol–water partition coefficient (Wildman–Crippen LogP) is 3.48. The van der Waals surface area contributed by atoms with E-state index in [1.807, 2.05) is 83.4 Å². The van der Waals surface area contributed by atoms with Crippen molar-refractivity contribution >= 4 is 11.6 Å². The summed E-state index contributed by atoms with van der Waals surface area (Å²) in [6.07, 6.45) is 3.57. The zero-order chi connectivity index (χ0) is 17.8. The minimum atomic E-state index is -0.128. The molecule has 0 unspecified atom stereocenters. The molecule has 0 saturated heterocycles. The second kappa shape index (κ2) is 7.11. The van der Waals surface area contributed by atoms with Gasteiger partial charge in [-0.1, -0.05) is 36.4 Å². The Morgan fingerprint density at radius 2 is 1.65 bits per heavy atom. The molecule has 4 rings (SSSR count). The summed E-state index contributed by atoms with van der Waals surface area (Å²) in [4.78, 5) is 15.5. The van der Waals surface area contributed by atoms with Gasteiger partial charge in [-0.15, -0.1) is 0 Å². The fraction of sp³-hybridized carbons (Fsp3) is 0.0476. The van der Waals surface area contributed by atoms with Crippen LogP contribution in [0.25, 0.3) is 5.65 Å². The van der Waals surface area contributed by atoms with Gasteiger partial charge in [-0.25, -0.2) is 4.98 Å². The smallest absolute Gasteiger partial charge is 0.295 e. The van der Waals surface area contributed by atoms with E-state index in [0.717, 1.165) is 22.7 Å². The number of amides is 1. The summed E-state index contributed by atoms with van der Waals surface area (Å²) >= 11 is 0. The van der Waals surface area contributed by atoms with Crippen LogP contribution in [0.15, 0.2) is 85.2 Å². The molecule has 4 aromatic rings. The van der Waals surface area contributed by atoms with Crippen LogP contribution in [0.2, 0.25) is 0 Å². The topological polar surface area (TPSA) is 58.2 Å². The number of pyridine rings is 1. The highest BCUT2D eigenvalue weighted by molar-refractivity contribution is 5.90. The first-order valence-electron chi connectivity index (χ1n) is 8.37. The van der Waals surface area contributed by atoms with Gasteiger partial charge in [-0.05, 0) is 35.9 Å².